The highest BCUT2D eigenvalue weighted by atomic mass is 16.6. The summed E-state index contributed by atoms with van der Waals surface area (Å²) in [6.07, 6.45) is 3.84. The van der Waals surface area contributed by atoms with Crippen molar-refractivity contribution in [1.82, 2.24) is 15.2 Å². The molecule has 0 bridgehead atoms. The first-order valence-electron chi connectivity index (χ1n) is 12.1. The Labute approximate surface area is 213 Å². The van der Waals surface area contributed by atoms with E-state index in [9.17, 15) is 4.79 Å². The summed E-state index contributed by atoms with van der Waals surface area (Å²) < 4.78 is 11.2. The van der Waals surface area contributed by atoms with Gasteiger partial charge in [0.25, 0.3) is 0 Å². The van der Waals surface area contributed by atoms with Crippen LogP contribution in [0.4, 0.5) is 17.2 Å². The fourth-order valence-corrected chi connectivity index (χ4v) is 4.53. The minimum absolute atomic E-state index is 0.165. The van der Waals surface area contributed by atoms with E-state index in [0.717, 1.165) is 39.0 Å². The minimum Gasteiger partial charge on any atom is -0.486 e. The smallest absolute Gasteiger partial charge is 0.230 e. The predicted octanol–water partition coefficient (Wildman–Crippen LogP) is 5.35. The Hall–Kier alpha value is -4.85. The fraction of sp³-hybridized carbons (Fsp3) is 0.138. The molecule has 37 heavy (non-hydrogen) atoms. The van der Waals surface area contributed by atoms with E-state index in [0.29, 0.717) is 30.5 Å². The van der Waals surface area contributed by atoms with Crippen LogP contribution in [0.3, 0.4) is 0 Å². The zero-order valence-electron chi connectivity index (χ0n) is 20.3. The molecule has 2 N–H and O–H groups in total. The number of carbonyl (C=O) groups excluding carboxylic acids is 1. The number of anilines is 3. The number of hydrogen-bond acceptors (Lipinski definition) is 6. The fourth-order valence-electron chi connectivity index (χ4n) is 4.53. The number of para-hydroxylation sites is 1. The van der Waals surface area contributed by atoms with E-state index in [2.05, 4.69) is 37.5 Å². The first-order valence-corrected chi connectivity index (χ1v) is 12.1. The van der Waals surface area contributed by atoms with Crippen LogP contribution in [0.25, 0.3) is 22.0 Å². The highest BCUT2D eigenvalue weighted by Gasteiger charge is 2.16. The molecule has 3 aromatic carbocycles. The molecule has 2 aromatic heterocycles. The lowest BCUT2D eigenvalue weighted by molar-refractivity contribution is -0.115. The van der Waals surface area contributed by atoms with Crippen LogP contribution in [0, 0.1) is 0 Å². The van der Waals surface area contributed by atoms with Crippen LogP contribution < -0.4 is 19.7 Å². The number of amides is 1. The second-order valence-electron chi connectivity index (χ2n) is 8.82. The lowest BCUT2D eigenvalue weighted by atomic mass is 10.0. The number of ether oxygens (including phenoxy) is 2. The Balaban J connectivity index is 1.26. The third-order valence-electron chi connectivity index (χ3n) is 6.41. The van der Waals surface area contributed by atoms with Gasteiger partial charge < -0.3 is 19.7 Å². The molecule has 1 amide bonds. The van der Waals surface area contributed by atoms with Crippen molar-refractivity contribution in [3.05, 3.63) is 90.8 Å². The Kier molecular flexibility index (Phi) is 5.90. The summed E-state index contributed by atoms with van der Waals surface area (Å²) in [7, 11) is 2.04. The molecule has 8 heteroatoms. The average Bonchev–Trinajstić information content (AvgIpc) is 3.34. The van der Waals surface area contributed by atoms with Crippen molar-refractivity contribution in [2.75, 3.05) is 30.5 Å². The van der Waals surface area contributed by atoms with Gasteiger partial charge in [-0.2, -0.15) is 5.10 Å². The van der Waals surface area contributed by atoms with Gasteiger partial charge in [-0.15, -0.1) is 0 Å². The van der Waals surface area contributed by atoms with Crippen LogP contribution in [0.1, 0.15) is 5.56 Å². The molecule has 0 unspecified atom stereocenters. The Morgan fingerprint density at radius 1 is 1.00 bits per heavy atom. The lowest BCUT2D eigenvalue weighted by Crippen LogP contribution is -2.17. The summed E-state index contributed by atoms with van der Waals surface area (Å²) in [5, 5.41) is 11.2. The van der Waals surface area contributed by atoms with Crippen molar-refractivity contribution in [1.29, 1.82) is 0 Å². The number of benzene rings is 3. The molecule has 1 aliphatic rings. The van der Waals surface area contributed by atoms with Crippen LogP contribution in [0.15, 0.2) is 85.2 Å². The van der Waals surface area contributed by atoms with Gasteiger partial charge in [-0.1, -0.05) is 30.3 Å². The molecule has 0 spiro atoms. The van der Waals surface area contributed by atoms with Gasteiger partial charge in [0.05, 0.1) is 17.6 Å². The number of nitrogens with one attached hydrogen (secondary N) is 2. The maximum Gasteiger partial charge on any atom is 0.230 e. The highest BCUT2D eigenvalue weighted by Crippen LogP contribution is 2.36. The zero-order chi connectivity index (χ0) is 25.2. The number of aromatic amines is 1. The SMILES string of the molecule is CN(c1ccccc1)c1ccncc1-c1ccc2[nH]nc(NC(=O)Cc3ccc4c(c3)OCCO4)c2c1. The van der Waals surface area contributed by atoms with E-state index < -0.39 is 0 Å². The molecule has 1 aliphatic heterocycles. The molecule has 0 aliphatic carbocycles. The van der Waals surface area contributed by atoms with Crippen molar-refractivity contribution < 1.29 is 14.3 Å². The van der Waals surface area contributed by atoms with Gasteiger partial charge in [-0.3, -0.25) is 14.9 Å². The first kappa shape index (κ1) is 22.6. The van der Waals surface area contributed by atoms with E-state index in [1.165, 1.54) is 0 Å². The molecule has 3 heterocycles. The number of aromatic nitrogens is 3. The molecule has 0 saturated heterocycles. The molecule has 8 nitrogen and oxygen atoms in total. The second kappa shape index (κ2) is 9.66. The van der Waals surface area contributed by atoms with E-state index in [1.807, 2.05) is 73.9 Å². The second-order valence-corrected chi connectivity index (χ2v) is 8.82. The van der Waals surface area contributed by atoms with E-state index in [4.69, 9.17) is 9.47 Å². The topological polar surface area (TPSA) is 92.4 Å². The zero-order valence-corrected chi connectivity index (χ0v) is 20.3. The lowest BCUT2D eigenvalue weighted by Gasteiger charge is -2.22. The van der Waals surface area contributed by atoms with Gasteiger partial charge in [0.15, 0.2) is 17.3 Å². The van der Waals surface area contributed by atoms with Crippen molar-refractivity contribution in [3.63, 3.8) is 0 Å². The first-order chi connectivity index (χ1) is 18.2. The van der Waals surface area contributed by atoms with Crippen LogP contribution >= 0.6 is 0 Å². The molecular formula is C29H25N5O3. The van der Waals surface area contributed by atoms with E-state index >= 15 is 0 Å². The molecule has 184 valence electrons. The monoisotopic (exact) mass is 491 g/mol. The van der Waals surface area contributed by atoms with E-state index in [1.54, 1.807) is 6.20 Å². The van der Waals surface area contributed by atoms with Gasteiger partial charge in [0, 0.05) is 36.1 Å². The third kappa shape index (κ3) is 4.56. The normalized spacial score (nSPS) is 12.4. The molecule has 0 radical (unpaired) electrons. The summed E-state index contributed by atoms with van der Waals surface area (Å²) in [5.41, 5.74) is 5.72. The Bertz CT molecular complexity index is 1580. The van der Waals surface area contributed by atoms with Crippen molar-refractivity contribution in [3.8, 4) is 22.6 Å². The summed E-state index contributed by atoms with van der Waals surface area (Å²) in [4.78, 5) is 19.4. The molecule has 0 fully saturated rings. The number of fused-ring (bicyclic) bond motifs is 2. The number of hydrogen-bond donors (Lipinski definition) is 2. The molecular weight excluding hydrogens is 466 g/mol. The molecule has 6 rings (SSSR count). The molecule has 0 saturated carbocycles. The van der Waals surface area contributed by atoms with Gasteiger partial charge >= 0.3 is 0 Å². The largest absolute Gasteiger partial charge is 0.486 e. The average molecular weight is 492 g/mol. The third-order valence-corrected chi connectivity index (χ3v) is 6.41. The van der Waals surface area contributed by atoms with E-state index in [-0.39, 0.29) is 12.3 Å². The van der Waals surface area contributed by atoms with Crippen molar-refractivity contribution in [2.24, 2.45) is 0 Å². The number of carbonyl (C=O) groups is 1. The standard InChI is InChI=1S/C29H25N5O3/c1-34(21-5-3-2-4-6-21)25-11-12-30-18-23(25)20-8-9-24-22(17-20)29(33-32-24)31-28(35)16-19-7-10-26-27(15-19)37-14-13-36-26/h2-12,15,17-18H,13-14,16H2,1H3,(H2,31,32,33,35). The van der Waals surface area contributed by atoms with Gasteiger partial charge in [0.2, 0.25) is 5.91 Å². The van der Waals surface area contributed by atoms with Crippen LogP contribution in [0.2, 0.25) is 0 Å². The maximum absolute atomic E-state index is 12.9. The molecule has 5 aromatic rings. The Morgan fingerprint density at radius 2 is 1.84 bits per heavy atom. The number of pyridine rings is 1. The summed E-state index contributed by atoms with van der Waals surface area (Å²) >= 11 is 0. The van der Waals surface area contributed by atoms with Crippen LogP contribution in [-0.4, -0.2) is 41.3 Å². The summed E-state index contributed by atoms with van der Waals surface area (Å²) in [6, 6.07) is 23.8. The van der Waals surface area contributed by atoms with Gasteiger partial charge in [-0.05, 0) is 53.6 Å². The summed E-state index contributed by atoms with van der Waals surface area (Å²) in [6.45, 7) is 1.04. The highest BCUT2D eigenvalue weighted by molar-refractivity contribution is 6.02. The number of nitrogens with zero attached hydrogens (tertiary/aromatic N) is 3. The maximum atomic E-state index is 12.9. The Morgan fingerprint density at radius 3 is 2.70 bits per heavy atom. The van der Waals surface area contributed by atoms with Gasteiger partial charge in [-0.25, -0.2) is 0 Å². The minimum atomic E-state index is -0.165. The quantitative estimate of drug-likeness (QED) is 0.333. The predicted molar refractivity (Wildman–Crippen MR) is 144 cm³/mol. The van der Waals surface area contributed by atoms with Crippen molar-refractivity contribution >= 4 is 34.0 Å². The molecule has 0 atom stereocenters. The number of H-pyrrole nitrogens is 1. The van der Waals surface area contributed by atoms with Crippen LogP contribution in [0.5, 0.6) is 11.5 Å². The van der Waals surface area contributed by atoms with Crippen LogP contribution in [-0.2, 0) is 11.2 Å². The van der Waals surface area contributed by atoms with Gasteiger partial charge in [0.1, 0.15) is 13.2 Å². The number of rotatable bonds is 6. The van der Waals surface area contributed by atoms with Crippen molar-refractivity contribution in [2.45, 2.75) is 6.42 Å². The summed E-state index contributed by atoms with van der Waals surface area (Å²) in [5.74, 6) is 1.69.